The van der Waals surface area contributed by atoms with E-state index in [0.29, 0.717) is 12.1 Å². The van der Waals surface area contributed by atoms with Crippen molar-refractivity contribution in [2.24, 2.45) is 4.99 Å². The molecule has 0 radical (unpaired) electrons. The average molecular weight is 385 g/mol. The highest BCUT2D eigenvalue weighted by Crippen LogP contribution is 2.11. The van der Waals surface area contributed by atoms with E-state index in [0.717, 1.165) is 50.1 Å². The van der Waals surface area contributed by atoms with Gasteiger partial charge >= 0.3 is 0 Å². The van der Waals surface area contributed by atoms with Crippen LogP contribution in [0.25, 0.3) is 5.69 Å². The number of para-hydroxylation sites is 1. The van der Waals surface area contributed by atoms with E-state index in [1.165, 1.54) is 0 Å². The molecule has 0 bridgehead atoms. The van der Waals surface area contributed by atoms with Crippen molar-refractivity contribution in [1.82, 2.24) is 24.9 Å². The lowest BCUT2D eigenvalue weighted by atomic mass is 10.2. The molecule has 1 saturated heterocycles. The lowest BCUT2D eigenvalue weighted by Gasteiger charge is -2.38. The van der Waals surface area contributed by atoms with Gasteiger partial charge in [-0.3, -0.25) is 9.89 Å². The maximum atomic E-state index is 5.55. The van der Waals surface area contributed by atoms with Gasteiger partial charge in [-0.2, -0.15) is 5.10 Å². The Morgan fingerprint density at radius 3 is 2.89 bits per heavy atom. The molecule has 0 spiro atoms. The van der Waals surface area contributed by atoms with Crippen LogP contribution in [0.15, 0.2) is 47.7 Å². The van der Waals surface area contributed by atoms with Crippen LogP contribution in [0.3, 0.4) is 0 Å². The second-order valence-electron chi connectivity index (χ2n) is 7.42. The van der Waals surface area contributed by atoms with Crippen LogP contribution < -0.4 is 5.32 Å². The lowest BCUT2D eigenvalue weighted by molar-refractivity contribution is -0.0175. The van der Waals surface area contributed by atoms with Gasteiger partial charge in [0.15, 0.2) is 5.96 Å². The van der Waals surface area contributed by atoms with Crippen LogP contribution in [0, 0.1) is 0 Å². The van der Waals surface area contributed by atoms with Crippen molar-refractivity contribution < 1.29 is 4.74 Å². The predicted octanol–water partition coefficient (Wildman–Crippen LogP) is 1.99. The molecule has 28 heavy (non-hydrogen) atoms. The summed E-state index contributed by atoms with van der Waals surface area (Å²) in [7, 11) is 3.88. The third kappa shape index (κ3) is 5.11. The number of rotatable bonds is 6. The fourth-order valence-electron chi connectivity index (χ4n) is 3.65. The van der Waals surface area contributed by atoms with Crippen molar-refractivity contribution in [3.05, 3.63) is 48.3 Å². The van der Waals surface area contributed by atoms with E-state index in [1.54, 1.807) is 0 Å². The molecule has 7 nitrogen and oxygen atoms in total. The summed E-state index contributed by atoms with van der Waals surface area (Å²) in [6.45, 7) is 8.68. The first-order valence-electron chi connectivity index (χ1n) is 9.92. The molecule has 3 rings (SSSR count). The second-order valence-corrected chi connectivity index (χ2v) is 7.42. The zero-order valence-electron chi connectivity index (χ0n) is 17.4. The van der Waals surface area contributed by atoms with Gasteiger partial charge in [0.2, 0.25) is 0 Å². The van der Waals surface area contributed by atoms with Crippen molar-refractivity contribution in [2.75, 3.05) is 40.4 Å². The maximum Gasteiger partial charge on any atom is 0.193 e. The van der Waals surface area contributed by atoms with Gasteiger partial charge in [0.1, 0.15) is 0 Å². The summed E-state index contributed by atoms with van der Waals surface area (Å²) >= 11 is 0. The van der Waals surface area contributed by atoms with Gasteiger partial charge in [0, 0.05) is 57.6 Å². The van der Waals surface area contributed by atoms with E-state index in [4.69, 9.17) is 4.74 Å². The summed E-state index contributed by atoms with van der Waals surface area (Å²) in [4.78, 5) is 9.07. The minimum atomic E-state index is 0.421. The van der Waals surface area contributed by atoms with Crippen LogP contribution in [-0.2, 0) is 11.3 Å². The van der Waals surface area contributed by atoms with E-state index in [2.05, 4.69) is 64.4 Å². The quantitative estimate of drug-likeness (QED) is 0.610. The number of benzene rings is 1. The van der Waals surface area contributed by atoms with Crippen LogP contribution in [0.4, 0.5) is 0 Å². The zero-order valence-corrected chi connectivity index (χ0v) is 17.4. The molecule has 0 aliphatic carbocycles. The SMILES string of the molecule is CN=C(NCC(C)N1CCOCC1C)N(C)Cc1cnn(-c2ccccc2)c1. The number of ether oxygens (including phenoxy) is 1. The molecule has 1 aromatic carbocycles. The molecule has 1 aromatic heterocycles. The first-order valence-corrected chi connectivity index (χ1v) is 9.92. The molecule has 1 aliphatic heterocycles. The molecule has 1 fully saturated rings. The second kappa shape index (κ2) is 9.71. The topological polar surface area (TPSA) is 57.9 Å². The first-order chi connectivity index (χ1) is 13.6. The van der Waals surface area contributed by atoms with Crippen molar-refractivity contribution in [3.8, 4) is 5.69 Å². The molecule has 2 atom stereocenters. The minimum absolute atomic E-state index is 0.421. The number of aliphatic imine (C=N–C) groups is 1. The Hall–Kier alpha value is -2.38. The number of nitrogens with one attached hydrogen (secondary N) is 1. The third-order valence-electron chi connectivity index (χ3n) is 5.19. The summed E-state index contributed by atoms with van der Waals surface area (Å²) in [6, 6.07) is 11.0. The number of nitrogens with zero attached hydrogens (tertiary/aromatic N) is 5. The molecule has 0 saturated carbocycles. The molecule has 2 unspecified atom stereocenters. The highest BCUT2D eigenvalue weighted by molar-refractivity contribution is 5.79. The van der Waals surface area contributed by atoms with E-state index in [1.807, 2.05) is 36.1 Å². The Morgan fingerprint density at radius 1 is 1.39 bits per heavy atom. The number of hydrogen-bond donors (Lipinski definition) is 1. The number of morpholine rings is 1. The van der Waals surface area contributed by atoms with Crippen LogP contribution in [0.1, 0.15) is 19.4 Å². The van der Waals surface area contributed by atoms with Crippen LogP contribution in [0.5, 0.6) is 0 Å². The number of hydrogen-bond acceptors (Lipinski definition) is 4. The van der Waals surface area contributed by atoms with Crippen LogP contribution in [-0.4, -0.2) is 78.0 Å². The fraction of sp³-hybridized carbons (Fsp3) is 0.524. The van der Waals surface area contributed by atoms with Gasteiger partial charge in [0.05, 0.1) is 25.1 Å². The fourth-order valence-corrected chi connectivity index (χ4v) is 3.65. The monoisotopic (exact) mass is 384 g/mol. The summed E-state index contributed by atoms with van der Waals surface area (Å²) in [5.74, 6) is 0.889. The Morgan fingerprint density at radius 2 is 2.18 bits per heavy atom. The van der Waals surface area contributed by atoms with Crippen LogP contribution in [0.2, 0.25) is 0 Å². The molecular formula is C21H32N6O. The Balaban J connectivity index is 1.54. The van der Waals surface area contributed by atoms with Gasteiger partial charge in [-0.05, 0) is 26.0 Å². The maximum absolute atomic E-state index is 5.55. The normalized spacial score (nSPS) is 19.4. The minimum Gasteiger partial charge on any atom is -0.379 e. The van der Waals surface area contributed by atoms with E-state index in [-0.39, 0.29) is 0 Å². The van der Waals surface area contributed by atoms with Crippen molar-refractivity contribution in [1.29, 1.82) is 0 Å². The molecular weight excluding hydrogens is 352 g/mol. The smallest absolute Gasteiger partial charge is 0.193 e. The number of aromatic nitrogens is 2. The molecule has 0 amide bonds. The molecule has 7 heteroatoms. The predicted molar refractivity (Wildman–Crippen MR) is 113 cm³/mol. The summed E-state index contributed by atoms with van der Waals surface area (Å²) in [5.41, 5.74) is 2.21. The van der Waals surface area contributed by atoms with Gasteiger partial charge in [0.25, 0.3) is 0 Å². The van der Waals surface area contributed by atoms with Crippen LogP contribution >= 0.6 is 0 Å². The van der Waals surface area contributed by atoms with Crippen molar-refractivity contribution in [3.63, 3.8) is 0 Å². The highest BCUT2D eigenvalue weighted by atomic mass is 16.5. The average Bonchev–Trinajstić information content (AvgIpc) is 3.18. The lowest BCUT2D eigenvalue weighted by Crippen LogP contribution is -2.53. The zero-order chi connectivity index (χ0) is 19.9. The molecule has 152 valence electrons. The van der Waals surface area contributed by atoms with Crippen molar-refractivity contribution >= 4 is 5.96 Å². The first kappa shape index (κ1) is 20.4. The van der Waals surface area contributed by atoms with E-state index >= 15 is 0 Å². The Bertz CT molecular complexity index is 759. The van der Waals surface area contributed by atoms with Gasteiger partial charge < -0.3 is 15.0 Å². The summed E-state index contributed by atoms with van der Waals surface area (Å²) in [6.07, 6.45) is 3.98. The van der Waals surface area contributed by atoms with Gasteiger partial charge in [-0.15, -0.1) is 0 Å². The van der Waals surface area contributed by atoms with Crippen molar-refractivity contribution in [2.45, 2.75) is 32.5 Å². The summed E-state index contributed by atoms with van der Waals surface area (Å²) in [5, 5.41) is 7.99. The molecule has 1 N–H and O–H groups in total. The molecule has 2 heterocycles. The largest absolute Gasteiger partial charge is 0.379 e. The third-order valence-corrected chi connectivity index (χ3v) is 5.19. The molecule has 2 aromatic rings. The van der Waals surface area contributed by atoms with Gasteiger partial charge in [-0.25, -0.2) is 4.68 Å². The van der Waals surface area contributed by atoms with Gasteiger partial charge in [-0.1, -0.05) is 18.2 Å². The standard InChI is InChI=1S/C21H32N6O/c1-17(26-10-11-28-16-18(26)2)12-23-21(22-3)25(4)14-19-13-24-27(15-19)20-8-6-5-7-9-20/h5-9,13,15,17-18H,10-12,14,16H2,1-4H3,(H,22,23). The van der Waals surface area contributed by atoms with E-state index in [9.17, 15) is 0 Å². The summed E-state index contributed by atoms with van der Waals surface area (Å²) < 4.78 is 7.45. The number of guanidine groups is 1. The Labute approximate surface area is 168 Å². The highest BCUT2D eigenvalue weighted by Gasteiger charge is 2.23. The molecule has 1 aliphatic rings. The van der Waals surface area contributed by atoms with E-state index < -0.39 is 0 Å². The Kier molecular flexibility index (Phi) is 7.06.